The molecule has 1 unspecified atom stereocenters. The first-order valence-electron chi connectivity index (χ1n) is 12.9. The minimum absolute atomic E-state index is 0.0999. The molecule has 0 fully saturated rings. The van der Waals surface area contributed by atoms with Crippen LogP contribution in [0.15, 0.2) is 82.1 Å². The normalized spacial score (nSPS) is 15.8. The third-order valence-corrected chi connectivity index (χ3v) is 7.77. The number of fused-ring (bicyclic) bond motifs is 2. The van der Waals surface area contributed by atoms with Gasteiger partial charge in [0.05, 0.1) is 42.7 Å². The minimum atomic E-state index is -0.817. The molecule has 3 aromatic carbocycles. The van der Waals surface area contributed by atoms with Gasteiger partial charge in [-0.25, -0.2) is 9.79 Å². The molecular formula is C31H26N2O7S. The number of thiazole rings is 1. The summed E-state index contributed by atoms with van der Waals surface area (Å²) in [4.78, 5) is 33.0. The largest absolute Gasteiger partial charge is 0.493 e. The highest BCUT2D eigenvalue weighted by molar-refractivity contribution is 7.07. The van der Waals surface area contributed by atoms with Crippen LogP contribution in [0.1, 0.15) is 29.7 Å². The SMILES string of the molecule is CCOC(=O)C1=C(c2ccccc2)N=c2sc(=Cc3ccc(OC)c(OC)c3)c(=O)n2C1c1ccc2c(c1)OCO2. The summed E-state index contributed by atoms with van der Waals surface area (Å²) < 4.78 is 29.5. The lowest BCUT2D eigenvalue weighted by Crippen LogP contribution is -2.40. The van der Waals surface area contributed by atoms with Crippen LogP contribution in [0.4, 0.5) is 0 Å². The monoisotopic (exact) mass is 570 g/mol. The number of rotatable bonds is 7. The summed E-state index contributed by atoms with van der Waals surface area (Å²) in [5.74, 6) is 1.71. The Labute approximate surface area is 239 Å². The number of aromatic nitrogens is 1. The second-order valence-corrected chi connectivity index (χ2v) is 10.2. The molecule has 208 valence electrons. The topological polar surface area (TPSA) is 97.6 Å². The second kappa shape index (κ2) is 11.0. The fraction of sp³-hybridized carbons (Fsp3) is 0.194. The highest BCUT2D eigenvalue weighted by atomic mass is 32.1. The Bertz CT molecular complexity index is 1860. The van der Waals surface area contributed by atoms with Crippen molar-refractivity contribution in [3.05, 3.63) is 109 Å². The van der Waals surface area contributed by atoms with E-state index in [1.54, 1.807) is 56.1 Å². The van der Waals surface area contributed by atoms with E-state index in [0.29, 0.717) is 43.6 Å². The molecule has 0 radical (unpaired) electrons. The van der Waals surface area contributed by atoms with E-state index in [1.807, 2.05) is 42.5 Å². The Morgan fingerprint density at radius 3 is 2.56 bits per heavy atom. The van der Waals surface area contributed by atoms with Gasteiger partial charge in [-0.1, -0.05) is 53.8 Å². The van der Waals surface area contributed by atoms with E-state index in [4.69, 9.17) is 28.7 Å². The highest BCUT2D eigenvalue weighted by Crippen LogP contribution is 2.40. The van der Waals surface area contributed by atoms with Crippen LogP contribution >= 0.6 is 11.3 Å². The highest BCUT2D eigenvalue weighted by Gasteiger charge is 2.36. The Morgan fingerprint density at radius 1 is 1.02 bits per heavy atom. The number of carbonyl (C=O) groups excluding carboxylic acids is 1. The molecular weight excluding hydrogens is 544 g/mol. The number of benzene rings is 3. The summed E-state index contributed by atoms with van der Waals surface area (Å²) in [5, 5.41) is 0. The van der Waals surface area contributed by atoms with Crippen molar-refractivity contribution in [2.24, 2.45) is 4.99 Å². The lowest BCUT2D eigenvalue weighted by atomic mass is 9.93. The van der Waals surface area contributed by atoms with Crippen LogP contribution < -0.4 is 33.8 Å². The van der Waals surface area contributed by atoms with Gasteiger partial charge in [-0.15, -0.1) is 0 Å². The number of ether oxygens (including phenoxy) is 5. The predicted octanol–water partition coefficient (Wildman–Crippen LogP) is 3.68. The number of esters is 1. The van der Waals surface area contributed by atoms with E-state index in [-0.39, 0.29) is 24.5 Å². The molecule has 0 bridgehead atoms. The average molecular weight is 571 g/mol. The minimum Gasteiger partial charge on any atom is -0.493 e. The summed E-state index contributed by atoms with van der Waals surface area (Å²) >= 11 is 1.24. The summed E-state index contributed by atoms with van der Waals surface area (Å²) in [6, 6.07) is 19.4. The third-order valence-electron chi connectivity index (χ3n) is 6.79. The van der Waals surface area contributed by atoms with Crippen molar-refractivity contribution in [1.29, 1.82) is 0 Å². The van der Waals surface area contributed by atoms with Crippen LogP contribution in [0, 0.1) is 0 Å². The number of hydrogen-bond donors (Lipinski definition) is 0. The van der Waals surface area contributed by atoms with E-state index >= 15 is 0 Å². The average Bonchev–Trinajstić information content (AvgIpc) is 3.60. The standard InChI is InChI=1S/C31H26N2O7S/c1-4-38-30(35)26-27(19-8-6-5-7-9-19)32-31-33(28(26)20-11-13-22-24(16-20)40-17-39-22)29(34)25(41-31)15-18-10-12-21(36-2)23(14-18)37-3/h5-16,28H,4,17H2,1-3H3. The van der Waals surface area contributed by atoms with E-state index in [9.17, 15) is 9.59 Å². The molecule has 0 aliphatic carbocycles. The summed E-state index contributed by atoms with van der Waals surface area (Å²) in [5.41, 5.74) is 2.58. The fourth-order valence-electron chi connectivity index (χ4n) is 4.93. The van der Waals surface area contributed by atoms with Gasteiger partial charge in [-0.2, -0.15) is 0 Å². The van der Waals surface area contributed by atoms with Crippen molar-refractivity contribution in [3.63, 3.8) is 0 Å². The van der Waals surface area contributed by atoms with Gasteiger partial charge in [0.1, 0.15) is 0 Å². The maximum absolute atomic E-state index is 14.1. The maximum Gasteiger partial charge on any atom is 0.338 e. The number of methoxy groups -OCH3 is 2. The molecule has 0 saturated carbocycles. The quantitative estimate of drug-likeness (QED) is 0.313. The summed E-state index contributed by atoms with van der Waals surface area (Å²) in [6.07, 6.45) is 1.78. The molecule has 10 heteroatoms. The third kappa shape index (κ3) is 4.76. The molecule has 9 nitrogen and oxygen atoms in total. The molecule has 4 aromatic rings. The maximum atomic E-state index is 14.1. The Balaban J connectivity index is 1.62. The Kier molecular flexibility index (Phi) is 7.07. The molecule has 1 aromatic heterocycles. The molecule has 0 spiro atoms. The van der Waals surface area contributed by atoms with Gasteiger partial charge in [-0.3, -0.25) is 9.36 Å². The fourth-order valence-corrected chi connectivity index (χ4v) is 5.93. The summed E-state index contributed by atoms with van der Waals surface area (Å²) in [7, 11) is 3.13. The van der Waals surface area contributed by atoms with Crippen LogP contribution in [0.3, 0.4) is 0 Å². The van der Waals surface area contributed by atoms with Crippen molar-refractivity contribution in [2.45, 2.75) is 13.0 Å². The van der Waals surface area contributed by atoms with Gasteiger partial charge in [-0.05, 0) is 48.4 Å². The van der Waals surface area contributed by atoms with E-state index in [2.05, 4.69) is 0 Å². The zero-order valence-electron chi connectivity index (χ0n) is 22.6. The van der Waals surface area contributed by atoms with E-state index in [1.165, 1.54) is 11.3 Å². The molecule has 2 aliphatic heterocycles. The van der Waals surface area contributed by atoms with E-state index in [0.717, 1.165) is 11.1 Å². The Morgan fingerprint density at radius 2 is 1.80 bits per heavy atom. The zero-order valence-corrected chi connectivity index (χ0v) is 23.4. The molecule has 0 amide bonds. The molecule has 1 atom stereocenters. The second-order valence-electron chi connectivity index (χ2n) is 9.16. The lowest BCUT2D eigenvalue weighted by Gasteiger charge is -2.26. The van der Waals surface area contributed by atoms with Crippen molar-refractivity contribution in [2.75, 3.05) is 27.6 Å². The van der Waals surface area contributed by atoms with Gasteiger partial charge in [0.2, 0.25) is 6.79 Å². The Hall–Kier alpha value is -4.83. The predicted molar refractivity (Wildman–Crippen MR) is 153 cm³/mol. The number of nitrogens with zero attached hydrogens (tertiary/aromatic N) is 2. The number of hydrogen-bond acceptors (Lipinski definition) is 9. The smallest absolute Gasteiger partial charge is 0.338 e. The molecule has 0 N–H and O–H groups in total. The molecule has 6 rings (SSSR count). The van der Waals surface area contributed by atoms with E-state index < -0.39 is 12.0 Å². The van der Waals surface area contributed by atoms with Crippen LogP contribution in [-0.2, 0) is 9.53 Å². The van der Waals surface area contributed by atoms with Gasteiger partial charge in [0.15, 0.2) is 27.8 Å². The molecule has 2 aliphatic rings. The first kappa shape index (κ1) is 26.4. The molecule has 41 heavy (non-hydrogen) atoms. The van der Waals surface area contributed by atoms with Gasteiger partial charge >= 0.3 is 5.97 Å². The van der Waals surface area contributed by atoms with Crippen LogP contribution in [0.25, 0.3) is 11.8 Å². The molecule has 3 heterocycles. The molecule has 0 saturated heterocycles. The van der Waals surface area contributed by atoms with Crippen LogP contribution in [0.2, 0.25) is 0 Å². The zero-order chi connectivity index (χ0) is 28.5. The van der Waals surface area contributed by atoms with Crippen molar-refractivity contribution < 1.29 is 28.5 Å². The van der Waals surface area contributed by atoms with Crippen molar-refractivity contribution in [1.82, 2.24) is 4.57 Å². The van der Waals surface area contributed by atoms with Gasteiger partial charge in [0, 0.05) is 5.56 Å². The van der Waals surface area contributed by atoms with Crippen molar-refractivity contribution >= 4 is 29.1 Å². The van der Waals surface area contributed by atoms with Gasteiger partial charge < -0.3 is 23.7 Å². The lowest BCUT2D eigenvalue weighted by molar-refractivity contribution is -0.138. The van der Waals surface area contributed by atoms with Gasteiger partial charge in [0.25, 0.3) is 5.56 Å². The number of carbonyl (C=O) groups is 1. The first-order valence-corrected chi connectivity index (χ1v) is 13.7. The van der Waals surface area contributed by atoms with Crippen molar-refractivity contribution in [3.8, 4) is 23.0 Å². The first-order chi connectivity index (χ1) is 20.0. The van der Waals surface area contributed by atoms with Crippen LogP contribution in [0.5, 0.6) is 23.0 Å². The summed E-state index contributed by atoms with van der Waals surface area (Å²) in [6.45, 7) is 2.01. The van der Waals surface area contributed by atoms with Crippen LogP contribution in [-0.4, -0.2) is 38.2 Å².